The molecule has 0 unspecified atom stereocenters. The summed E-state index contributed by atoms with van der Waals surface area (Å²) in [5.74, 6) is 0. The van der Waals surface area contributed by atoms with Gasteiger partial charge in [0.25, 0.3) is 6.71 Å². The lowest BCUT2D eigenvalue weighted by Crippen LogP contribution is -2.61. The Labute approximate surface area is 375 Å². The van der Waals surface area contributed by atoms with E-state index in [1.165, 1.54) is 6.07 Å². The third-order valence-corrected chi connectivity index (χ3v) is 14.7. The number of hydrogen-bond donors (Lipinski definition) is 0. The molecule has 0 bridgehead atoms. The quantitative estimate of drug-likeness (QED) is 0.115. The normalized spacial score (nSPS) is 15.1. The van der Waals surface area contributed by atoms with Gasteiger partial charge in [0.2, 0.25) is 0 Å². The van der Waals surface area contributed by atoms with E-state index in [1.54, 1.807) is 63.7 Å². The van der Waals surface area contributed by atoms with Crippen LogP contribution in [0.3, 0.4) is 0 Å². The number of halogens is 12. The van der Waals surface area contributed by atoms with Crippen molar-refractivity contribution in [3.8, 4) is 33.6 Å². The van der Waals surface area contributed by atoms with Crippen molar-refractivity contribution in [1.82, 2.24) is 9.13 Å². The standard InChI is InChI=1S/C53H23BF12N2/c55-50(56,57)25-14-15-42-32(16-25)33-18-27(52(61,62)63)21-40-45(33)67(42)47-31(24-8-2-1-3-9-24)23-39-48-43(47)54(40)41-22-28(53(64,65)66)19-35-34-17-26(51(58,59)60)20-38(44(34)68(48)46(35)41)49(39)36-12-6-4-10-29(36)30-11-5-7-13-37(30)49/h1-23H. The van der Waals surface area contributed by atoms with Crippen molar-refractivity contribution in [2.45, 2.75) is 30.1 Å². The molecule has 2 nitrogen and oxygen atoms in total. The third kappa shape index (κ3) is 4.69. The van der Waals surface area contributed by atoms with E-state index in [-0.39, 0.29) is 65.6 Å². The van der Waals surface area contributed by atoms with Crippen LogP contribution in [0.5, 0.6) is 0 Å². The lowest BCUT2D eigenvalue weighted by molar-refractivity contribution is -0.138. The predicted molar refractivity (Wildman–Crippen MR) is 236 cm³/mol. The van der Waals surface area contributed by atoms with Gasteiger partial charge < -0.3 is 9.13 Å². The highest BCUT2D eigenvalue weighted by Crippen LogP contribution is 2.63. The van der Waals surface area contributed by atoms with Crippen LogP contribution >= 0.6 is 0 Å². The summed E-state index contributed by atoms with van der Waals surface area (Å²) >= 11 is 0. The topological polar surface area (TPSA) is 9.86 Å². The monoisotopic (exact) mass is 926 g/mol. The van der Waals surface area contributed by atoms with Crippen LogP contribution in [0.4, 0.5) is 52.7 Å². The van der Waals surface area contributed by atoms with Gasteiger partial charge in [-0.15, -0.1) is 0 Å². The van der Waals surface area contributed by atoms with Gasteiger partial charge >= 0.3 is 24.7 Å². The molecule has 0 saturated heterocycles. The van der Waals surface area contributed by atoms with E-state index in [2.05, 4.69) is 0 Å². The lowest BCUT2D eigenvalue weighted by Gasteiger charge is -2.45. The van der Waals surface area contributed by atoms with Crippen LogP contribution in [0, 0.1) is 0 Å². The van der Waals surface area contributed by atoms with Crippen molar-refractivity contribution >= 4 is 66.7 Å². The third-order valence-electron chi connectivity index (χ3n) is 14.7. The zero-order chi connectivity index (χ0) is 46.9. The first-order valence-corrected chi connectivity index (χ1v) is 21.3. The van der Waals surface area contributed by atoms with Gasteiger partial charge in [-0.3, -0.25) is 0 Å². The Balaban J connectivity index is 1.31. The lowest BCUT2D eigenvalue weighted by atomic mass is 9.33. The Kier molecular flexibility index (Phi) is 7.11. The molecular weight excluding hydrogens is 903 g/mol. The van der Waals surface area contributed by atoms with E-state index >= 15 is 39.5 Å². The van der Waals surface area contributed by atoms with Crippen molar-refractivity contribution < 1.29 is 52.7 Å². The molecule has 2 aromatic heterocycles. The molecule has 10 aromatic rings. The van der Waals surface area contributed by atoms with Crippen LogP contribution in [0.25, 0.3) is 77.2 Å². The van der Waals surface area contributed by atoms with Gasteiger partial charge in [0.05, 0.1) is 44.4 Å². The van der Waals surface area contributed by atoms with Crippen LogP contribution < -0.4 is 16.4 Å². The Bertz CT molecular complexity index is 3940. The van der Waals surface area contributed by atoms with Crippen LogP contribution in [-0.2, 0) is 30.1 Å². The molecule has 0 radical (unpaired) electrons. The molecule has 8 aromatic carbocycles. The fourth-order valence-corrected chi connectivity index (χ4v) is 12.3. The molecule has 1 aliphatic carbocycles. The van der Waals surface area contributed by atoms with Crippen LogP contribution in [0.1, 0.15) is 44.5 Å². The first kappa shape index (κ1) is 39.7. The van der Waals surface area contributed by atoms with Crippen LogP contribution in [0.15, 0.2) is 140 Å². The molecule has 15 heteroatoms. The summed E-state index contributed by atoms with van der Waals surface area (Å²) in [7, 11) is 0. The fourth-order valence-electron chi connectivity index (χ4n) is 12.3. The molecule has 5 heterocycles. The van der Waals surface area contributed by atoms with Gasteiger partial charge in [-0.2, -0.15) is 52.7 Å². The van der Waals surface area contributed by atoms with Crippen molar-refractivity contribution in [2.75, 3.05) is 0 Å². The van der Waals surface area contributed by atoms with Crippen LogP contribution in [0.2, 0.25) is 0 Å². The Morgan fingerprint density at radius 1 is 0.368 bits per heavy atom. The first-order chi connectivity index (χ1) is 32.3. The van der Waals surface area contributed by atoms with Gasteiger partial charge in [-0.05, 0) is 104 Å². The number of fused-ring (bicyclic) bond motifs is 14. The number of rotatable bonds is 1. The molecule has 68 heavy (non-hydrogen) atoms. The van der Waals surface area contributed by atoms with Crippen molar-refractivity contribution in [1.29, 1.82) is 0 Å². The molecule has 1 spiro atoms. The maximum Gasteiger partial charge on any atom is 0.416 e. The molecule has 0 amide bonds. The number of aromatic nitrogens is 2. The SMILES string of the molecule is FC(F)(F)c1ccc2c(c1)c1cc(C(F)(F)F)cc3c1n2-c1c(-c2ccccc2)cc2c4c1B3c1cc(C(F)(F)F)cc3c5cc(C(F)(F)F)cc(c5n-4c13)C21c2ccccc2-c2ccccc21. The minimum Gasteiger partial charge on any atom is -0.310 e. The molecule has 0 fully saturated rings. The Hall–Kier alpha value is -7.42. The molecule has 4 aliphatic rings. The van der Waals surface area contributed by atoms with Gasteiger partial charge in [0, 0.05) is 43.8 Å². The summed E-state index contributed by atoms with van der Waals surface area (Å²) in [6.07, 6.45) is -20.1. The molecule has 0 atom stereocenters. The van der Waals surface area contributed by atoms with Gasteiger partial charge in [0.1, 0.15) is 0 Å². The van der Waals surface area contributed by atoms with Crippen LogP contribution in [-0.4, -0.2) is 15.8 Å². The highest BCUT2D eigenvalue weighted by Gasteiger charge is 2.56. The summed E-state index contributed by atoms with van der Waals surface area (Å²) in [5.41, 5.74) is -1.19. The maximum absolute atomic E-state index is 15.5. The minimum absolute atomic E-state index is 0.0548. The number of alkyl halides is 12. The highest BCUT2D eigenvalue weighted by atomic mass is 19.4. The van der Waals surface area contributed by atoms with E-state index in [4.69, 9.17) is 0 Å². The van der Waals surface area contributed by atoms with E-state index in [0.29, 0.717) is 50.3 Å². The summed E-state index contributed by atoms with van der Waals surface area (Å²) in [6, 6.07) is 33.1. The minimum atomic E-state index is -5.09. The second kappa shape index (κ2) is 12.2. The van der Waals surface area contributed by atoms with E-state index < -0.39 is 59.1 Å². The summed E-state index contributed by atoms with van der Waals surface area (Å²) in [5, 5.41) is -0.702. The zero-order valence-corrected chi connectivity index (χ0v) is 34.3. The Morgan fingerprint density at radius 2 is 0.853 bits per heavy atom. The van der Waals surface area contributed by atoms with Gasteiger partial charge in [0.15, 0.2) is 0 Å². The largest absolute Gasteiger partial charge is 0.416 e. The molecule has 14 rings (SSSR count). The highest BCUT2D eigenvalue weighted by molar-refractivity contribution is 7.00. The second-order valence-electron chi connectivity index (χ2n) is 18.0. The van der Waals surface area contributed by atoms with Gasteiger partial charge in [-0.25, -0.2) is 0 Å². The van der Waals surface area contributed by atoms with E-state index in [9.17, 15) is 13.2 Å². The Morgan fingerprint density at radius 3 is 1.43 bits per heavy atom. The first-order valence-electron chi connectivity index (χ1n) is 21.3. The second-order valence-corrected chi connectivity index (χ2v) is 18.0. The van der Waals surface area contributed by atoms with Crippen molar-refractivity contribution in [2.24, 2.45) is 0 Å². The number of hydrogen-bond acceptors (Lipinski definition) is 0. The van der Waals surface area contributed by atoms with Crippen molar-refractivity contribution in [3.63, 3.8) is 0 Å². The maximum atomic E-state index is 15.5. The molecule has 0 saturated carbocycles. The summed E-state index contributed by atoms with van der Waals surface area (Å²) in [4.78, 5) is 0. The number of nitrogens with zero attached hydrogens (tertiary/aromatic N) is 2. The van der Waals surface area contributed by atoms with E-state index in [0.717, 1.165) is 48.5 Å². The fraction of sp³-hybridized carbons (Fsp3) is 0.0943. The van der Waals surface area contributed by atoms with E-state index in [1.807, 2.05) is 30.3 Å². The molecule has 332 valence electrons. The summed E-state index contributed by atoms with van der Waals surface area (Å²) < 4.78 is 186. The average Bonchev–Trinajstić information content (AvgIpc) is 3.92. The summed E-state index contributed by atoms with van der Waals surface area (Å²) in [6.45, 7) is -1.46. The smallest absolute Gasteiger partial charge is 0.310 e. The number of benzene rings is 8. The molecule has 3 aliphatic heterocycles. The molecular formula is C53H23BF12N2. The van der Waals surface area contributed by atoms with Gasteiger partial charge in [-0.1, -0.05) is 91.0 Å². The zero-order valence-electron chi connectivity index (χ0n) is 34.3. The predicted octanol–water partition coefficient (Wildman–Crippen LogP) is 13.4. The average molecular weight is 927 g/mol. The molecule has 0 N–H and O–H groups in total. The van der Waals surface area contributed by atoms with Crippen molar-refractivity contribution in [3.05, 3.63) is 184 Å².